The average molecular weight is 538 g/mol. The van der Waals surface area contributed by atoms with E-state index >= 15 is 0 Å². The summed E-state index contributed by atoms with van der Waals surface area (Å²) in [6.45, 7) is 13.7. The standard InChI is InChI=1S/C27H35N5O3SSi/c1-26(2,33)18-31-17-23(20-14-30-32(16-20)19-35-10-12-37(4,5)6)22-13-21(29-15-24(22)31)7-8-27(3,34)25-28-9-11-36-25/h9,11,13-17,33-34H,10,12,18-19H2,1-6H3. The van der Waals surface area contributed by atoms with Crippen LogP contribution in [0.25, 0.3) is 22.0 Å². The fraction of sp³-hybridized carbons (Fsp3) is 0.444. The lowest BCUT2D eigenvalue weighted by Gasteiger charge is -2.18. The Labute approximate surface area is 223 Å². The minimum Gasteiger partial charge on any atom is -0.389 e. The van der Waals surface area contributed by atoms with Gasteiger partial charge in [0.25, 0.3) is 0 Å². The first-order valence-corrected chi connectivity index (χ1v) is 16.9. The van der Waals surface area contributed by atoms with Crippen LogP contribution in [0.1, 0.15) is 31.5 Å². The van der Waals surface area contributed by atoms with Gasteiger partial charge in [-0.25, -0.2) is 14.6 Å². The van der Waals surface area contributed by atoms with Crippen molar-refractivity contribution < 1.29 is 14.9 Å². The predicted octanol–water partition coefficient (Wildman–Crippen LogP) is 4.70. The molecule has 0 spiro atoms. The van der Waals surface area contributed by atoms with E-state index in [0.29, 0.717) is 24.0 Å². The molecule has 4 aromatic heterocycles. The van der Waals surface area contributed by atoms with E-state index < -0.39 is 19.3 Å². The third-order valence-corrected chi connectivity index (χ3v) is 8.46. The number of pyridine rings is 1. The summed E-state index contributed by atoms with van der Waals surface area (Å²) in [4.78, 5) is 8.71. The molecule has 0 fully saturated rings. The second kappa shape index (κ2) is 10.5. The molecular formula is C27H35N5O3SSi. The average Bonchev–Trinajstić information content (AvgIpc) is 3.54. The van der Waals surface area contributed by atoms with Crippen molar-refractivity contribution >= 4 is 30.3 Å². The Balaban J connectivity index is 1.65. The highest BCUT2D eigenvalue weighted by Crippen LogP contribution is 2.32. The van der Waals surface area contributed by atoms with E-state index in [9.17, 15) is 10.2 Å². The minimum absolute atomic E-state index is 0.400. The maximum Gasteiger partial charge on any atom is 0.174 e. The maximum absolute atomic E-state index is 10.7. The molecule has 0 radical (unpaired) electrons. The number of aliphatic hydroxyl groups is 2. The third-order valence-electron chi connectivity index (χ3n) is 5.77. The minimum atomic E-state index is -1.36. The number of hydrogen-bond acceptors (Lipinski definition) is 7. The fourth-order valence-electron chi connectivity index (χ4n) is 3.85. The molecule has 8 nitrogen and oxygen atoms in total. The Bertz CT molecular complexity index is 1420. The Hall–Kier alpha value is -2.81. The maximum atomic E-state index is 10.7. The van der Waals surface area contributed by atoms with Gasteiger partial charge in [0.2, 0.25) is 0 Å². The van der Waals surface area contributed by atoms with Gasteiger partial charge in [-0.1, -0.05) is 25.6 Å². The van der Waals surface area contributed by atoms with Crippen LogP contribution in [-0.4, -0.2) is 54.8 Å². The van der Waals surface area contributed by atoms with Crippen molar-refractivity contribution in [3.63, 3.8) is 0 Å². The highest BCUT2D eigenvalue weighted by atomic mass is 32.1. The summed E-state index contributed by atoms with van der Waals surface area (Å²) in [5.74, 6) is 5.92. The first-order chi connectivity index (χ1) is 17.3. The summed E-state index contributed by atoms with van der Waals surface area (Å²) in [7, 11) is -1.14. The normalized spacial score (nSPS) is 13.9. The zero-order valence-corrected chi connectivity index (χ0v) is 24.1. The zero-order chi connectivity index (χ0) is 26.8. The first-order valence-electron chi connectivity index (χ1n) is 12.3. The Morgan fingerprint density at radius 2 is 1.89 bits per heavy atom. The van der Waals surface area contributed by atoms with Crippen LogP contribution in [0.2, 0.25) is 25.7 Å². The molecule has 1 unspecified atom stereocenters. The highest BCUT2D eigenvalue weighted by Gasteiger charge is 2.23. The van der Waals surface area contributed by atoms with Gasteiger partial charge in [0.15, 0.2) is 5.60 Å². The number of thiazole rings is 1. The van der Waals surface area contributed by atoms with E-state index in [2.05, 4.69) is 46.5 Å². The van der Waals surface area contributed by atoms with E-state index in [0.717, 1.165) is 34.7 Å². The van der Waals surface area contributed by atoms with Crippen molar-refractivity contribution in [1.29, 1.82) is 0 Å². The summed E-state index contributed by atoms with van der Waals surface area (Å²) >= 11 is 1.36. The van der Waals surface area contributed by atoms with Crippen molar-refractivity contribution in [2.24, 2.45) is 0 Å². The molecule has 4 rings (SSSR count). The lowest BCUT2D eigenvalue weighted by atomic mass is 10.1. The number of fused-ring (bicyclic) bond motifs is 1. The highest BCUT2D eigenvalue weighted by molar-refractivity contribution is 7.09. The quantitative estimate of drug-likeness (QED) is 0.182. The smallest absolute Gasteiger partial charge is 0.174 e. The summed E-state index contributed by atoms with van der Waals surface area (Å²) in [5, 5.41) is 29.0. The van der Waals surface area contributed by atoms with Gasteiger partial charge in [-0.3, -0.25) is 0 Å². The van der Waals surface area contributed by atoms with Crippen molar-refractivity contribution in [3.8, 4) is 23.0 Å². The van der Waals surface area contributed by atoms with E-state index in [1.54, 1.807) is 37.8 Å². The lowest BCUT2D eigenvalue weighted by molar-refractivity contribution is 0.0628. The molecule has 0 amide bonds. The monoisotopic (exact) mass is 537 g/mol. The summed E-state index contributed by atoms with van der Waals surface area (Å²) in [6, 6.07) is 3.02. The second-order valence-electron chi connectivity index (χ2n) is 11.3. The molecule has 0 aliphatic heterocycles. The largest absolute Gasteiger partial charge is 0.389 e. The van der Waals surface area contributed by atoms with Gasteiger partial charge in [-0.15, -0.1) is 11.3 Å². The molecule has 10 heteroatoms. The van der Waals surface area contributed by atoms with Gasteiger partial charge in [-0.05, 0) is 38.8 Å². The van der Waals surface area contributed by atoms with Gasteiger partial charge in [0, 0.05) is 55.2 Å². The Kier molecular flexibility index (Phi) is 7.74. The van der Waals surface area contributed by atoms with E-state index in [-0.39, 0.29) is 0 Å². The molecule has 0 saturated carbocycles. The van der Waals surface area contributed by atoms with Crippen LogP contribution in [0.4, 0.5) is 0 Å². The van der Waals surface area contributed by atoms with Crippen LogP contribution in [0, 0.1) is 11.8 Å². The van der Waals surface area contributed by atoms with Crippen LogP contribution in [-0.2, 0) is 23.6 Å². The SMILES string of the molecule is CC(C)(O)Cn1cc(-c2cnn(COCC[Si](C)(C)C)c2)c2cc(C#CC(C)(O)c3nccs3)ncc21. The lowest BCUT2D eigenvalue weighted by Crippen LogP contribution is -2.25. The summed E-state index contributed by atoms with van der Waals surface area (Å²) in [5.41, 5.74) is 1.06. The number of hydrogen-bond donors (Lipinski definition) is 2. The van der Waals surface area contributed by atoms with Crippen LogP contribution in [0.3, 0.4) is 0 Å². The predicted molar refractivity (Wildman–Crippen MR) is 150 cm³/mol. The van der Waals surface area contributed by atoms with Crippen molar-refractivity contribution in [3.05, 3.63) is 53.1 Å². The molecule has 0 bridgehead atoms. The number of ether oxygens (including phenoxy) is 1. The first kappa shape index (κ1) is 27.2. The van der Waals surface area contributed by atoms with E-state index in [1.807, 2.05) is 34.6 Å². The Morgan fingerprint density at radius 3 is 2.57 bits per heavy atom. The molecule has 2 N–H and O–H groups in total. The molecule has 0 saturated heterocycles. The van der Waals surface area contributed by atoms with Crippen molar-refractivity contribution in [2.45, 2.75) is 70.9 Å². The number of aromatic nitrogens is 5. The second-order valence-corrected chi connectivity index (χ2v) is 17.9. The van der Waals surface area contributed by atoms with Crippen LogP contribution in [0.5, 0.6) is 0 Å². The van der Waals surface area contributed by atoms with E-state index in [4.69, 9.17) is 4.74 Å². The van der Waals surface area contributed by atoms with Crippen LogP contribution < -0.4 is 0 Å². The van der Waals surface area contributed by atoms with E-state index in [1.165, 1.54) is 11.3 Å². The number of rotatable bonds is 9. The van der Waals surface area contributed by atoms with Crippen LogP contribution >= 0.6 is 11.3 Å². The molecule has 0 aliphatic carbocycles. The van der Waals surface area contributed by atoms with Crippen LogP contribution in [0.15, 0.2) is 42.4 Å². The number of nitrogens with zero attached hydrogens (tertiary/aromatic N) is 5. The van der Waals surface area contributed by atoms with Gasteiger partial charge in [-0.2, -0.15) is 5.10 Å². The van der Waals surface area contributed by atoms with Gasteiger partial charge in [0.1, 0.15) is 17.4 Å². The topological polar surface area (TPSA) is 98.2 Å². The van der Waals surface area contributed by atoms with Gasteiger partial charge in [0.05, 0.1) is 30.1 Å². The molecule has 1 atom stereocenters. The van der Waals surface area contributed by atoms with Gasteiger partial charge < -0.3 is 19.5 Å². The molecule has 37 heavy (non-hydrogen) atoms. The summed E-state index contributed by atoms with van der Waals surface area (Å²) in [6.07, 6.45) is 9.22. The molecule has 4 aromatic rings. The van der Waals surface area contributed by atoms with Crippen molar-refractivity contribution in [2.75, 3.05) is 6.61 Å². The third kappa shape index (κ3) is 7.15. The molecular weight excluding hydrogens is 502 g/mol. The fourth-order valence-corrected chi connectivity index (χ4v) is 5.26. The van der Waals surface area contributed by atoms with Crippen molar-refractivity contribution in [1.82, 2.24) is 24.3 Å². The van der Waals surface area contributed by atoms with Gasteiger partial charge >= 0.3 is 0 Å². The Morgan fingerprint density at radius 1 is 1.11 bits per heavy atom. The molecule has 0 aromatic carbocycles. The molecule has 0 aliphatic rings. The zero-order valence-electron chi connectivity index (χ0n) is 22.3. The summed E-state index contributed by atoms with van der Waals surface area (Å²) < 4.78 is 9.66. The molecule has 4 heterocycles. The molecule has 196 valence electrons.